The molecule has 0 atom stereocenters. The van der Waals surface area contributed by atoms with Crippen LogP contribution in [0.4, 0.5) is 13.2 Å². The molecule has 0 saturated heterocycles. The van der Waals surface area contributed by atoms with Gasteiger partial charge in [-0.05, 0) is 36.7 Å². The Morgan fingerprint density at radius 3 is 2.33 bits per heavy atom. The second kappa shape index (κ2) is 4.33. The van der Waals surface area contributed by atoms with Crippen molar-refractivity contribution in [3.63, 3.8) is 0 Å². The molecule has 0 N–H and O–H groups in total. The zero-order valence-corrected chi connectivity index (χ0v) is 9.24. The minimum absolute atomic E-state index is 0.000907. The first-order chi connectivity index (χ1) is 8.91. The summed E-state index contributed by atoms with van der Waals surface area (Å²) in [4.78, 5) is 11.6. The molecule has 1 heterocycles. The molecule has 5 heteroatoms. The minimum atomic E-state index is -4.40. The Kier molecular flexibility index (Phi) is 2.66. The van der Waals surface area contributed by atoms with Crippen molar-refractivity contribution < 1.29 is 14.5 Å². The van der Waals surface area contributed by atoms with Crippen molar-refractivity contribution in [1.29, 1.82) is 0 Å². The van der Waals surface area contributed by atoms with Crippen LogP contribution in [0.2, 0.25) is 0 Å². The molecule has 0 saturated carbocycles. The number of aryl methyl sites for hydroxylation is 1. The standard InChI is InChI=1S/C13H10F3NO/c1-9-2-7-12(18)17(8-9)11-5-3-10(4-6-11)13(14,15)16/h2-8H,1H3/i1D. The Balaban J connectivity index is 2.45. The fraction of sp³-hybridized carbons (Fsp3) is 0.154. The van der Waals surface area contributed by atoms with Crippen LogP contribution in [-0.2, 0) is 6.18 Å². The van der Waals surface area contributed by atoms with Crippen molar-refractivity contribution in [2.75, 3.05) is 0 Å². The number of alkyl halides is 3. The summed E-state index contributed by atoms with van der Waals surface area (Å²) in [6, 6.07) is 7.14. The largest absolute Gasteiger partial charge is 0.416 e. The van der Waals surface area contributed by atoms with E-state index in [1.165, 1.54) is 35.0 Å². The molecule has 2 nitrogen and oxygen atoms in total. The van der Waals surface area contributed by atoms with Crippen LogP contribution in [0.25, 0.3) is 5.69 Å². The molecule has 0 unspecified atom stereocenters. The van der Waals surface area contributed by atoms with E-state index < -0.39 is 11.7 Å². The third-order valence-electron chi connectivity index (χ3n) is 2.45. The van der Waals surface area contributed by atoms with E-state index in [1.807, 2.05) is 0 Å². The number of benzene rings is 1. The molecular weight excluding hydrogens is 243 g/mol. The van der Waals surface area contributed by atoms with Gasteiger partial charge in [0.25, 0.3) is 5.56 Å². The molecule has 0 radical (unpaired) electrons. The summed E-state index contributed by atoms with van der Waals surface area (Å²) in [5.74, 6) is 0. The molecule has 0 bridgehead atoms. The lowest BCUT2D eigenvalue weighted by molar-refractivity contribution is -0.137. The van der Waals surface area contributed by atoms with Gasteiger partial charge in [-0.15, -0.1) is 0 Å². The Morgan fingerprint density at radius 2 is 1.78 bits per heavy atom. The van der Waals surface area contributed by atoms with Gasteiger partial charge in [-0.25, -0.2) is 0 Å². The Morgan fingerprint density at radius 1 is 1.11 bits per heavy atom. The number of aromatic nitrogens is 1. The average molecular weight is 254 g/mol. The van der Waals surface area contributed by atoms with Gasteiger partial charge in [0, 0.05) is 19.3 Å². The van der Waals surface area contributed by atoms with Crippen molar-refractivity contribution in [1.82, 2.24) is 4.57 Å². The zero-order chi connectivity index (χ0) is 14.0. The second-order valence-electron chi connectivity index (χ2n) is 3.79. The first-order valence-electron chi connectivity index (χ1n) is 5.81. The van der Waals surface area contributed by atoms with Crippen LogP contribution in [0.3, 0.4) is 0 Å². The summed E-state index contributed by atoms with van der Waals surface area (Å²) in [6.45, 7) is 0.000907. The third kappa shape index (κ3) is 2.45. The molecule has 0 fully saturated rings. The maximum absolute atomic E-state index is 12.4. The summed E-state index contributed by atoms with van der Waals surface area (Å²) >= 11 is 0. The molecule has 1 aromatic carbocycles. The van der Waals surface area contributed by atoms with Crippen molar-refractivity contribution in [2.24, 2.45) is 0 Å². The van der Waals surface area contributed by atoms with Crippen molar-refractivity contribution in [3.05, 3.63) is 64.1 Å². The highest BCUT2D eigenvalue weighted by atomic mass is 19.4. The summed E-state index contributed by atoms with van der Waals surface area (Å²) in [5, 5.41) is 0. The molecule has 0 aliphatic heterocycles. The molecule has 18 heavy (non-hydrogen) atoms. The fourth-order valence-electron chi connectivity index (χ4n) is 1.54. The summed E-state index contributed by atoms with van der Waals surface area (Å²) in [5.41, 5.74) is -0.161. The highest BCUT2D eigenvalue weighted by molar-refractivity contribution is 5.36. The van der Waals surface area contributed by atoms with E-state index in [0.717, 1.165) is 12.1 Å². The van der Waals surface area contributed by atoms with Crippen molar-refractivity contribution >= 4 is 0 Å². The fourth-order valence-corrected chi connectivity index (χ4v) is 1.54. The summed E-state index contributed by atoms with van der Waals surface area (Å²) in [7, 11) is 0. The number of nitrogens with zero attached hydrogens (tertiary/aromatic N) is 1. The highest BCUT2D eigenvalue weighted by Gasteiger charge is 2.29. The average Bonchev–Trinajstić information content (AvgIpc) is 2.38. The predicted octanol–water partition coefficient (Wildman–Crippen LogP) is 3.16. The van der Waals surface area contributed by atoms with Gasteiger partial charge in [-0.1, -0.05) is 6.07 Å². The quantitative estimate of drug-likeness (QED) is 0.766. The maximum atomic E-state index is 12.4. The van der Waals surface area contributed by atoms with Crippen LogP contribution in [0.5, 0.6) is 0 Å². The van der Waals surface area contributed by atoms with E-state index in [9.17, 15) is 18.0 Å². The van der Waals surface area contributed by atoms with Crippen LogP contribution >= 0.6 is 0 Å². The highest BCUT2D eigenvalue weighted by Crippen LogP contribution is 2.29. The van der Waals surface area contributed by atoms with Gasteiger partial charge in [0.2, 0.25) is 0 Å². The number of hydrogen-bond acceptors (Lipinski definition) is 1. The molecule has 0 spiro atoms. The molecule has 2 rings (SSSR count). The number of pyridine rings is 1. The number of hydrogen-bond donors (Lipinski definition) is 0. The molecule has 94 valence electrons. The monoisotopic (exact) mass is 254 g/mol. The smallest absolute Gasteiger partial charge is 0.284 e. The Labute approximate surface area is 103 Å². The topological polar surface area (TPSA) is 22.0 Å². The predicted molar refractivity (Wildman–Crippen MR) is 61.8 cm³/mol. The molecule has 1 aromatic heterocycles. The van der Waals surface area contributed by atoms with Crippen LogP contribution in [0.15, 0.2) is 47.4 Å². The van der Waals surface area contributed by atoms with E-state index in [0.29, 0.717) is 11.3 Å². The first kappa shape index (κ1) is 11.1. The van der Waals surface area contributed by atoms with E-state index in [4.69, 9.17) is 1.37 Å². The lowest BCUT2D eigenvalue weighted by Gasteiger charge is -2.09. The van der Waals surface area contributed by atoms with Gasteiger partial charge in [0.1, 0.15) is 0 Å². The van der Waals surface area contributed by atoms with Crippen LogP contribution < -0.4 is 5.56 Å². The Bertz CT molecular complexity index is 632. The van der Waals surface area contributed by atoms with Crippen molar-refractivity contribution in [3.8, 4) is 5.69 Å². The summed E-state index contributed by atoms with van der Waals surface area (Å²) < 4.78 is 45.7. The number of rotatable bonds is 1. The van der Waals surface area contributed by atoms with Gasteiger partial charge >= 0.3 is 6.18 Å². The molecule has 0 aliphatic carbocycles. The number of halogens is 3. The van der Waals surface area contributed by atoms with Gasteiger partial charge in [0.05, 0.1) is 5.56 Å². The van der Waals surface area contributed by atoms with Gasteiger partial charge in [-0.2, -0.15) is 13.2 Å². The van der Waals surface area contributed by atoms with Gasteiger partial charge in [-0.3, -0.25) is 9.36 Å². The maximum Gasteiger partial charge on any atom is 0.416 e. The molecule has 2 aromatic rings. The molecule has 0 aliphatic rings. The molecular formula is C13H10F3NO. The zero-order valence-electron chi connectivity index (χ0n) is 10.2. The van der Waals surface area contributed by atoms with E-state index in [2.05, 4.69) is 0 Å². The first-order valence-corrected chi connectivity index (χ1v) is 5.10. The summed E-state index contributed by atoms with van der Waals surface area (Å²) in [6.07, 6.45) is -2.94. The van der Waals surface area contributed by atoms with Gasteiger partial charge < -0.3 is 0 Å². The Hall–Kier alpha value is -2.04. The lowest BCUT2D eigenvalue weighted by atomic mass is 10.2. The van der Waals surface area contributed by atoms with E-state index in [-0.39, 0.29) is 12.5 Å². The normalized spacial score (nSPS) is 12.3. The second-order valence-corrected chi connectivity index (χ2v) is 3.79. The lowest BCUT2D eigenvalue weighted by Crippen LogP contribution is -2.16. The third-order valence-corrected chi connectivity index (χ3v) is 2.45. The van der Waals surface area contributed by atoms with Crippen molar-refractivity contribution in [2.45, 2.75) is 13.1 Å². The molecule has 0 amide bonds. The van der Waals surface area contributed by atoms with E-state index in [1.54, 1.807) is 0 Å². The SMILES string of the molecule is [2H]Cc1ccc(=O)n(-c2ccc(C(F)(F)F)cc2)c1. The van der Waals surface area contributed by atoms with Crippen LogP contribution in [0, 0.1) is 6.90 Å². The van der Waals surface area contributed by atoms with E-state index >= 15 is 0 Å². The van der Waals surface area contributed by atoms with Crippen LogP contribution in [0.1, 0.15) is 12.5 Å². The minimum Gasteiger partial charge on any atom is -0.284 e. The van der Waals surface area contributed by atoms with Gasteiger partial charge in [0.15, 0.2) is 0 Å². The van der Waals surface area contributed by atoms with Crippen LogP contribution in [-0.4, -0.2) is 4.57 Å².